The van der Waals surface area contributed by atoms with E-state index in [0.717, 1.165) is 42.0 Å². The second-order valence-corrected chi connectivity index (χ2v) is 6.17. The van der Waals surface area contributed by atoms with Gasteiger partial charge in [-0.15, -0.1) is 0 Å². The molecule has 124 valence electrons. The van der Waals surface area contributed by atoms with E-state index in [1.807, 2.05) is 47.4 Å². The number of carbonyl (C=O) groups excluding carboxylic acids is 1. The molecule has 2 aromatic carbocycles. The van der Waals surface area contributed by atoms with E-state index in [2.05, 4.69) is 0 Å². The summed E-state index contributed by atoms with van der Waals surface area (Å²) >= 11 is 0. The van der Waals surface area contributed by atoms with E-state index < -0.39 is 0 Å². The van der Waals surface area contributed by atoms with Crippen molar-refractivity contribution >= 4 is 5.91 Å². The lowest BCUT2D eigenvalue weighted by Gasteiger charge is -2.25. The molecule has 2 aliphatic heterocycles. The summed E-state index contributed by atoms with van der Waals surface area (Å²) in [5, 5.41) is 0. The van der Waals surface area contributed by atoms with E-state index >= 15 is 0 Å². The van der Waals surface area contributed by atoms with Crippen molar-refractivity contribution < 1.29 is 14.3 Å². The van der Waals surface area contributed by atoms with E-state index in [9.17, 15) is 4.79 Å². The van der Waals surface area contributed by atoms with Gasteiger partial charge in [-0.1, -0.05) is 18.2 Å². The molecule has 2 heterocycles. The fourth-order valence-electron chi connectivity index (χ4n) is 3.43. The van der Waals surface area contributed by atoms with Gasteiger partial charge in [-0.05, 0) is 48.2 Å². The van der Waals surface area contributed by atoms with Crippen molar-refractivity contribution in [2.45, 2.75) is 25.4 Å². The molecular formula is C19H20N2O3. The van der Waals surface area contributed by atoms with Gasteiger partial charge < -0.3 is 20.1 Å². The Morgan fingerprint density at radius 2 is 1.92 bits per heavy atom. The molecule has 0 bridgehead atoms. The number of nitrogens with two attached hydrogens (primary N) is 1. The molecule has 4 rings (SSSR count). The molecule has 0 saturated carbocycles. The summed E-state index contributed by atoms with van der Waals surface area (Å²) in [4.78, 5) is 14.9. The highest BCUT2D eigenvalue weighted by molar-refractivity contribution is 5.94. The molecule has 5 heteroatoms. The van der Waals surface area contributed by atoms with Crippen LogP contribution >= 0.6 is 0 Å². The van der Waals surface area contributed by atoms with Crippen LogP contribution in [0, 0.1) is 0 Å². The van der Waals surface area contributed by atoms with Crippen LogP contribution in [0.25, 0.3) is 0 Å². The molecule has 1 unspecified atom stereocenters. The van der Waals surface area contributed by atoms with Crippen LogP contribution in [-0.4, -0.2) is 24.1 Å². The molecule has 0 aliphatic carbocycles. The third kappa shape index (κ3) is 2.61. The largest absolute Gasteiger partial charge is 0.454 e. The molecule has 1 amide bonds. The maximum absolute atomic E-state index is 12.9. The van der Waals surface area contributed by atoms with Crippen LogP contribution in [0.1, 0.15) is 40.4 Å². The van der Waals surface area contributed by atoms with Crippen molar-refractivity contribution in [2.75, 3.05) is 13.3 Å². The van der Waals surface area contributed by atoms with Crippen LogP contribution in [0.15, 0.2) is 42.5 Å². The zero-order valence-electron chi connectivity index (χ0n) is 13.4. The van der Waals surface area contributed by atoms with Crippen LogP contribution in [0.3, 0.4) is 0 Å². The fourth-order valence-corrected chi connectivity index (χ4v) is 3.43. The van der Waals surface area contributed by atoms with Gasteiger partial charge in [0, 0.05) is 18.7 Å². The van der Waals surface area contributed by atoms with Crippen molar-refractivity contribution in [2.24, 2.45) is 5.73 Å². The number of carbonyl (C=O) groups is 1. The van der Waals surface area contributed by atoms with Gasteiger partial charge in [0.15, 0.2) is 11.5 Å². The van der Waals surface area contributed by atoms with Gasteiger partial charge in [-0.2, -0.15) is 0 Å². The molecule has 0 spiro atoms. The van der Waals surface area contributed by atoms with Gasteiger partial charge in [0.2, 0.25) is 6.79 Å². The Hall–Kier alpha value is -2.53. The van der Waals surface area contributed by atoms with Crippen LogP contribution in [-0.2, 0) is 6.54 Å². The Balaban J connectivity index is 1.58. The first-order chi connectivity index (χ1) is 11.8. The van der Waals surface area contributed by atoms with Crippen LogP contribution < -0.4 is 15.2 Å². The Morgan fingerprint density at radius 3 is 2.71 bits per heavy atom. The molecular weight excluding hydrogens is 304 g/mol. The number of ether oxygens (including phenoxy) is 2. The number of rotatable bonds is 3. The number of hydrogen-bond donors (Lipinski definition) is 1. The molecule has 1 saturated heterocycles. The Labute approximate surface area is 141 Å². The van der Waals surface area contributed by atoms with Crippen molar-refractivity contribution in [1.82, 2.24) is 4.90 Å². The summed E-state index contributed by atoms with van der Waals surface area (Å²) in [6.45, 7) is 1.52. The Morgan fingerprint density at radius 1 is 1.12 bits per heavy atom. The SMILES string of the molecule is NCc1ccc(C(=O)N2CCCC2c2ccc3c(c2)OCO3)cc1. The van der Waals surface area contributed by atoms with Crippen molar-refractivity contribution in [3.05, 3.63) is 59.2 Å². The molecule has 2 aromatic rings. The zero-order valence-corrected chi connectivity index (χ0v) is 13.4. The van der Waals surface area contributed by atoms with Gasteiger partial charge in [0.05, 0.1) is 6.04 Å². The maximum Gasteiger partial charge on any atom is 0.254 e. The highest BCUT2D eigenvalue weighted by atomic mass is 16.7. The Bertz CT molecular complexity index is 758. The predicted molar refractivity (Wildman–Crippen MR) is 89.9 cm³/mol. The van der Waals surface area contributed by atoms with Crippen molar-refractivity contribution in [3.8, 4) is 11.5 Å². The first-order valence-corrected chi connectivity index (χ1v) is 8.26. The molecule has 0 aromatic heterocycles. The van der Waals surface area contributed by atoms with E-state index in [1.54, 1.807) is 0 Å². The lowest BCUT2D eigenvalue weighted by Crippen LogP contribution is -2.30. The third-order valence-corrected chi connectivity index (χ3v) is 4.73. The van der Waals surface area contributed by atoms with Crippen molar-refractivity contribution in [1.29, 1.82) is 0 Å². The molecule has 0 radical (unpaired) electrons. The third-order valence-electron chi connectivity index (χ3n) is 4.73. The number of hydrogen-bond acceptors (Lipinski definition) is 4. The number of nitrogens with zero attached hydrogens (tertiary/aromatic N) is 1. The molecule has 24 heavy (non-hydrogen) atoms. The smallest absolute Gasteiger partial charge is 0.254 e. The van der Waals surface area contributed by atoms with Gasteiger partial charge >= 0.3 is 0 Å². The Kier molecular flexibility index (Phi) is 3.86. The number of likely N-dealkylation sites (tertiary alicyclic amines) is 1. The molecule has 1 fully saturated rings. The van der Waals surface area contributed by atoms with Crippen LogP contribution in [0.5, 0.6) is 11.5 Å². The topological polar surface area (TPSA) is 64.8 Å². The van der Waals surface area contributed by atoms with Crippen LogP contribution in [0.2, 0.25) is 0 Å². The summed E-state index contributed by atoms with van der Waals surface area (Å²) in [7, 11) is 0. The zero-order chi connectivity index (χ0) is 16.5. The van der Waals surface area contributed by atoms with Crippen LogP contribution in [0.4, 0.5) is 0 Å². The fraction of sp³-hybridized carbons (Fsp3) is 0.316. The average Bonchev–Trinajstić information content (AvgIpc) is 3.29. The summed E-state index contributed by atoms with van der Waals surface area (Å²) in [6, 6.07) is 13.6. The lowest BCUT2D eigenvalue weighted by atomic mass is 10.0. The highest BCUT2D eigenvalue weighted by Crippen LogP contribution is 2.39. The van der Waals surface area contributed by atoms with E-state index in [4.69, 9.17) is 15.2 Å². The summed E-state index contributed by atoms with van der Waals surface area (Å²) in [5.74, 6) is 1.60. The molecule has 2 aliphatic rings. The summed E-state index contributed by atoms with van der Waals surface area (Å²) in [6.07, 6.45) is 1.97. The minimum absolute atomic E-state index is 0.0683. The highest BCUT2D eigenvalue weighted by Gasteiger charge is 2.31. The molecule has 5 nitrogen and oxygen atoms in total. The van der Waals surface area contributed by atoms with Crippen molar-refractivity contribution in [3.63, 3.8) is 0 Å². The quantitative estimate of drug-likeness (QED) is 0.943. The van der Waals surface area contributed by atoms with Gasteiger partial charge in [-0.25, -0.2) is 0 Å². The number of benzene rings is 2. The van der Waals surface area contributed by atoms with Gasteiger partial charge in [0.25, 0.3) is 5.91 Å². The van der Waals surface area contributed by atoms with Gasteiger partial charge in [-0.3, -0.25) is 4.79 Å². The molecule has 2 N–H and O–H groups in total. The normalized spacial score (nSPS) is 18.9. The minimum Gasteiger partial charge on any atom is -0.454 e. The molecule has 1 atom stereocenters. The number of amides is 1. The second-order valence-electron chi connectivity index (χ2n) is 6.17. The first kappa shape index (κ1) is 15.0. The lowest BCUT2D eigenvalue weighted by molar-refractivity contribution is 0.0735. The predicted octanol–water partition coefficient (Wildman–Crippen LogP) is 2.85. The standard InChI is InChI=1S/C19H20N2O3/c20-11-13-3-5-14(6-4-13)19(22)21-9-1-2-16(21)15-7-8-17-18(10-15)24-12-23-17/h3-8,10,16H,1-2,9,11-12,20H2. The minimum atomic E-state index is 0.0683. The summed E-state index contributed by atoms with van der Waals surface area (Å²) in [5.41, 5.74) is 8.46. The van der Waals surface area contributed by atoms with E-state index in [-0.39, 0.29) is 18.7 Å². The monoisotopic (exact) mass is 324 g/mol. The maximum atomic E-state index is 12.9. The number of fused-ring (bicyclic) bond motifs is 1. The average molecular weight is 324 g/mol. The van der Waals surface area contributed by atoms with E-state index in [1.165, 1.54) is 0 Å². The van der Waals surface area contributed by atoms with E-state index in [0.29, 0.717) is 12.1 Å². The first-order valence-electron chi connectivity index (χ1n) is 8.26. The summed E-state index contributed by atoms with van der Waals surface area (Å²) < 4.78 is 10.8. The van der Waals surface area contributed by atoms with Gasteiger partial charge in [0.1, 0.15) is 0 Å². The second kappa shape index (κ2) is 6.17.